The monoisotopic (exact) mass is 435 g/mol. The van der Waals surface area contributed by atoms with E-state index in [1.54, 1.807) is 37.3 Å². The summed E-state index contributed by atoms with van der Waals surface area (Å²) in [6.07, 6.45) is 1.35. The molecular weight excluding hydrogens is 414 g/mol. The molecule has 0 spiro atoms. The van der Waals surface area contributed by atoms with Crippen molar-refractivity contribution < 1.29 is 26.0 Å². The Hall–Kier alpha value is -2.62. The molecule has 0 aliphatic carbocycles. The van der Waals surface area contributed by atoms with Crippen LogP contribution in [0.15, 0.2) is 81.1 Å². The molecule has 29 heavy (non-hydrogen) atoms. The third-order valence-electron chi connectivity index (χ3n) is 4.44. The molecule has 9 heteroatoms. The highest BCUT2D eigenvalue weighted by atomic mass is 32.2. The Labute approximate surface area is 170 Å². The first kappa shape index (κ1) is 21.1. The summed E-state index contributed by atoms with van der Waals surface area (Å²) in [7, 11) is -6.34. The minimum atomic E-state index is -3.95. The van der Waals surface area contributed by atoms with E-state index in [0.29, 0.717) is 11.3 Å². The van der Waals surface area contributed by atoms with Gasteiger partial charge in [0.1, 0.15) is 16.8 Å². The van der Waals surface area contributed by atoms with Gasteiger partial charge in [0, 0.05) is 6.54 Å². The summed E-state index contributed by atoms with van der Waals surface area (Å²) in [6, 6.07) is 15.3. The Bertz CT molecular complexity index is 1170. The van der Waals surface area contributed by atoms with E-state index >= 15 is 0 Å². The highest BCUT2D eigenvalue weighted by Crippen LogP contribution is 2.29. The van der Waals surface area contributed by atoms with Crippen LogP contribution in [-0.4, -0.2) is 30.5 Å². The van der Waals surface area contributed by atoms with Gasteiger partial charge in [0.05, 0.1) is 23.2 Å². The second-order valence-electron chi connectivity index (χ2n) is 6.35. The molecule has 0 fully saturated rings. The van der Waals surface area contributed by atoms with E-state index < -0.39 is 25.1 Å². The summed E-state index contributed by atoms with van der Waals surface area (Å²) in [5.41, 5.74) is 0.648. The van der Waals surface area contributed by atoms with Crippen LogP contribution in [0.5, 0.6) is 5.75 Å². The molecule has 1 N–H and O–H groups in total. The van der Waals surface area contributed by atoms with E-state index in [-0.39, 0.29) is 22.1 Å². The van der Waals surface area contributed by atoms with Crippen molar-refractivity contribution in [1.29, 1.82) is 0 Å². The molecule has 0 amide bonds. The Morgan fingerprint density at radius 2 is 1.69 bits per heavy atom. The average molecular weight is 436 g/mol. The largest absolute Gasteiger partial charge is 0.496 e. The van der Waals surface area contributed by atoms with Crippen molar-refractivity contribution in [1.82, 2.24) is 4.72 Å². The topological polar surface area (TPSA) is 103 Å². The Balaban J connectivity index is 1.91. The van der Waals surface area contributed by atoms with Crippen molar-refractivity contribution >= 4 is 19.9 Å². The van der Waals surface area contributed by atoms with Gasteiger partial charge in [0.25, 0.3) is 0 Å². The van der Waals surface area contributed by atoms with E-state index in [9.17, 15) is 16.8 Å². The number of methoxy groups -OCH3 is 1. The molecule has 0 saturated heterocycles. The fourth-order valence-corrected chi connectivity index (χ4v) is 5.74. The second kappa shape index (κ2) is 8.40. The molecule has 7 nitrogen and oxygen atoms in total. The maximum atomic E-state index is 13.1. The van der Waals surface area contributed by atoms with Crippen molar-refractivity contribution in [3.05, 3.63) is 78.3 Å². The molecule has 0 radical (unpaired) electrons. The minimum absolute atomic E-state index is 0.0195. The molecule has 3 rings (SSSR count). The van der Waals surface area contributed by atoms with Crippen LogP contribution in [0.25, 0.3) is 0 Å². The summed E-state index contributed by atoms with van der Waals surface area (Å²) in [5, 5.41) is -1.21. The summed E-state index contributed by atoms with van der Waals surface area (Å²) in [6.45, 7) is 1.35. The lowest BCUT2D eigenvalue weighted by Gasteiger charge is -2.17. The summed E-state index contributed by atoms with van der Waals surface area (Å²) >= 11 is 0. The van der Waals surface area contributed by atoms with Gasteiger partial charge in [0.15, 0.2) is 9.84 Å². The molecule has 1 atom stereocenters. The number of hydrogen-bond acceptors (Lipinski definition) is 6. The number of sulfonamides is 1. The van der Waals surface area contributed by atoms with Gasteiger partial charge < -0.3 is 9.15 Å². The van der Waals surface area contributed by atoms with E-state index in [0.717, 1.165) is 0 Å². The first-order valence-corrected chi connectivity index (χ1v) is 11.8. The van der Waals surface area contributed by atoms with Crippen LogP contribution in [-0.2, 0) is 19.9 Å². The first-order valence-electron chi connectivity index (χ1n) is 8.72. The number of nitrogens with one attached hydrogen (secondary N) is 1. The zero-order valence-electron chi connectivity index (χ0n) is 15.9. The highest BCUT2D eigenvalue weighted by molar-refractivity contribution is 7.92. The molecule has 154 valence electrons. The van der Waals surface area contributed by atoms with Crippen LogP contribution < -0.4 is 9.46 Å². The number of hydrogen-bond donors (Lipinski definition) is 1. The van der Waals surface area contributed by atoms with Crippen LogP contribution >= 0.6 is 0 Å². The van der Waals surface area contributed by atoms with Crippen LogP contribution in [0, 0.1) is 6.92 Å². The fraction of sp³-hybridized carbons (Fsp3) is 0.200. The molecule has 0 aliphatic heterocycles. The Morgan fingerprint density at radius 3 is 2.28 bits per heavy atom. The number of ether oxygens (including phenoxy) is 1. The van der Waals surface area contributed by atoms with Crippen molar-refractivity contribution in [3.63, 3.8) is 0 Å². The van der Waals surface area contributed by atoms with Gasteiger partial charge in [-0.3, -0.25) is 0 Å². The van der Waals surface area contributed by atoms with Crippen LogP contribution in [0.4, 0.5) is 0 Å². The molecule has 0 bridgehead atoms. The van der Waals surface area contributed by atoms with Crippen molar-refractivity contribution in [2.75, 3.05) is 13.7 Å². The number of sulfone groups is 1. The molecule has 0 saturated carbocycles. The average Bonchev–Trinajstić information content (AvgIpc) is 3.22. The quantitative estimate of drug-likeness (QED) is 0.583. The lowest BCUT2D eigenvalue weighted by molar-refractivity contribution is 0.411. The lowest BCUT2D eigenvalue weighted by atomic mass is 10.2. The molecule has 2 aromatic carbocycles. The van der Waals surface area contributed by atoms with Gasteiger partial charge in [-0.1, -0.05) is 18.2 Å². The minimum Gasteiger partial charge on any atom is -0.496 e. The lowest BCUT2D eigenvalue weighted by Crippen LogP contribution is -2.32. The molecular formula is C20H21NO6S2. The van der Waals surface area contributed by atoms with Gasteiger partial charge >= 0.3 is 0 Å². The highest BCUT2D eigenvalue weighted by Gasteiger charge is 2.32. The van der Waals surface area contributed by atoms with Crippen molar-refractivity contribution in [3.8, 4) is 5.75 Å². The number of benzene rings is 2. The van der Waals surface area contributed by atoms with Crippen molar-refractivity contribution in [2.45, 2.75) is 22.0 Å². The Kier molecular flexibility index (Phi) is 6.11. The van der Waals surface area contributed by atoms with Gasteiger partial charge in [-0.2, -0.15) is 0 Å². The van der Waals surface area contributed by atoms with E-state index in [1.165, 1.54) is 43.7 Å². The van der Waals surface area contributed by atoms with Crippen molar-refractivity contribution in [2.24, 2.45) is 0 Å². The zero-order valence-corrected chi connectivity index (χ0v) is 17.5. The van der Waals surface area contributed by atoms with Crippen LogP contribution in [0.3, 0.4) is 0 Å². The van der Waals surface area contributed by atoms with E-state index in [1.807, 2.05) is 0 Å². The van der Waals surface area contributed by atoms with Gasteiger partial charge in [-0.15, -0.1) is 0 Å². The van der Waals surface area contributed by atoms with Gasteiger partial charge in [0.2, 0.25) is 10.0 Å². The van der Waals surface area contributed by atoms with Gasteiger partial charge in [-0.05, 0) is 55.0 Å². The first-order chi connectivity index (χ1) is 13.8. The smallest absolute Gasteiger partial charge is 0.240 e. The number of rotatable bonds is 8. The molecule has 0 aliphatic rings. The van der Waals surface area contributed by atoms with Crippen LogP contribution in [0.2, 0.25) is 0 Å². The van der Waals surface area contributed by atoms with E-state index in [4.69, 9.17) is 9.15 Å². The normalized spacial score (nSPS) is 13.2. The molecule has 0 unspecified atom stereocenters. The predicted octanol–water partition coefficient (Wildman–Crippen LogP) is 3.09. The maximum absolute atomic E-state index is 13.1. The van der Waals surface area contributed by atoms with E-state index in [2.05, 4.69) is 4.72 Å². The predicted molar refractivity (Wildman–Crippen MR) is 108 cm³/mol. The van der Waals surface area contributed by atoms with Crippen LogP contribution in [0.1, 0.15) is 16.6 Å². The third kappa shape index (κ3) is 4.52. The Morgan fingerprint density at radius 1 is 0.966 bits per heavy atom. The maximum Gasteiger partial charge on any atom is 0.240 e. The number of aryl methyl sites for hydroxylation is 1. The second-order valence-corrected chi connectivity index (χ2v) is 10.2. The standard InChI is InChI=1S/C20H21NO6S2/c1-15-13-17(10-11-18(15)26-2)29(24,25)21-14-20(19-9-6-12-27-19)28(22,23)16-7-4-3-5-8-16/h3-13,20-21H,14H2,1-2H3/t20-/m0/s1. The number of furan rings is 1. The summed E-state index contributed by atoms with van der Waals surface area (Å²) in [4.78, 5) is 0.104. The fourth-order valence-electron chi connectivity index (χ4n) is 2.90. The molecule has 1 heterocycles. The summed E-state index contributed by atoms with van der Waals surface area (Å²) < 4.78 is 64.5. The zero-order chi connectivity index (χ0) is 21.1. The van der Waals surface area contributed by atoms with Gasteiger partial charge in [-0.25, -0.2) is 21.6 Å². The molecule has 3 aromatic rings. The SMILES string of the molecule is COc1ccc(S(=O)(=O)NC[C@@H](c2ccco2)S(=O)(=O)c2ccccc2)cc1C. The summed E-state index contributed by atoms with van der Waals surface area (Å²) in [5.74, 6) is 0.714. The third-order valence-corrected chi connectivity index (χ3v) is 7.94. The molecule has 1 aromatic heterocycles.